The van der Waals surface area contributed by atoms with Gasteiger partial charge in [-0.2, -0.15) is 0 Å². The van der Waals surface area contributed by atoms with E-state index in [9.17, 15) is 30.6 Å². The maximum absolute atomic E-state index is 12.4. The Morgan fingerprint density at radius 1 is 0.721 bits per heavy atom. The van der Waals surface area contributed by atoms with Crippen LogP contribution in [0, 0.1) is 39.9 Å². The molecule has 9 unspecified atom stereocenters. The number of hydrogen-bond donors (Lipinski definition) is 7. The summed E-state index contributed by atoms with van der Waals surface area (Å²) in [6.07, 6.45) is 24.2. The molecule has 314 valence electrons. The van der Waals surface area contributed by atoms with Crippen molar-refractivity contribution in [2.45, 2.75) is 89.3 Å². The van der Waals surface area contributed by atoms with Crippen LogP contribution in [0.3, 0.4) is 0 Å². The lowest BCUT2D eigenvalue weighted by Crippen LogP contribution is -2.74. The summed E-state index contributed by atoms with van der Waals surface area (Å²) in [7, 11) is 0. The molecule has 0 bridgehead atoms. The Balaban J connectivity index is 0.897. The molecular weight excluding hydrogens is 763 g/mol. The van der Waals surface area contributed by atoms with Gasteiger partial charge in [0.05, 0.1) is 22.9 Å². The van der Waals surface area contributed by atoms with Crippen LogP contribution in [0.15, 0.2) is 95.0 Å². The van der Waals surface area contributed by atoms with Crippen LogP contribution >= 0.6 is 0 Å². The quantitative estimate of drug-likeness (QED) is 0.0531. The van der Waals surface area contributed by atoms with Gasteiger partial charge in [0.15, 0.2) is 23.0 Å². The minimum absolute atomic E-state index is 0.00811. The van der Waals surface area contributed by atoms with E-state index in [2.05, 4.69) is 53.9 Å². The van der Waals surface area contributed by atoms with Gasteiger partial charge in [0.1, 0.15) is 12.4 Å². The van der Waals surface area contributed by atoms with Gasteiger partial charge < -0.3 is 36.0 Å². The number of aromatic hydroxyl groups is 5. The van der Waals surface area contributed by atoms with Crippen LogP contribution in [0.5, 0.6) is 28.7 Å². The number of aliphatic hydroxyl groups is 1. The second kappa shape index (κ2) is 14.3. The SMILES string of the molecule is Oc1ccc(C=Cc2c(CCc3ccc(CNC4C=CC5CCC6CCC7=NCN=C7C47C4C(O)C=CC8CCCC84CCC567)cc3)c(O)c(O)c3c(O)cccc23)cc1O. The lowest BCUT2D eigenvalue weighted by Gasteiger charge is -2.70. The maximum atomic E-state index is 12.4. The van der Waals surface area contributed by atoms with E-state index >= 15 is 0 Å². The van der Waals surface area contributed by atoms with Crippen molar-refractivity contribution >= 4 is 34.3 Å². The van der Waals surface area contributed by atoms with Crippen LogP contribution in [-0.2, 0) is 19.4 Å². The fraction of sp³-hybridized carbons (Fsp3) is 0.423. The highest BCUT2D eigenvalue weighted by Gasteiger charge is 2.77. The highest BCUT2D eigenvalue weighted by molar-refractivity contribution is 6.46. The van der Waals surface area contributed by atoms with Gasteiger partial charge in [-0.1, -0.05) is 85.3 Å². The molecule has 4 aromatic rings. The zero-order valence-corrected chi connectivity index (χ0v) is 34.5. The average molecular weight is 818 g/mol. The molecule has 0 saturated heterocycles. The molecule has 0 aromatic heterocycles. The topological polar surface area (TPSA) is 158 Å². The molecule has 4 aromatic carbocycles. The van der Waals surface area contributed by atoms with E-state index in [0.29, 0.717) is 65.9 Å². The number of aliphatic imine (C=N–C) groups is 2. The van der Waals surface area contributed by atoms with Gasteiger partial charge in [-0.05, 0) is 139 Å². The van der Waals surface area contributed by atoms with Gasteiger partial charge in [0.2, 0.25) is 0 Å². The number of phenols is 5. The van der Waals surface area contributed by atoms with E-state index in [4.69, 9.17) is 9.98 Å². The van der Waals surface area contributed by atoms with E-state index in [0.717, 1.165) is 18.4 Å². The van der Waals surface area contributed by atoms with Gasteiger partial charge >= 0.3 is 0 Å². The van der Waals surface area contributed by atoms with E-state index in [1.54, 1.807) is 30.4 Å². The number of allylic oxidation sites excluding steroid dienone is 2. The Bertz CT molecular complexity index is 2590. The van der Waals surface area contributed by atoms with Gasteiger partial charge in [-0.25, -0.2) is 0 Å². The monoisotopic (exact) mass is 817 g/mol. The summed E-state index contributed by atoms with van der Waals surface area (Å²) >= 11 is 0. The second-order valence-corrected chi connectivity index (χ2v) is 19.1. The standard InChI is InChI=1S/C52H55N3O6/c56-40-21-12-31(27-43(40)59)11-18-36-37-4-1-5-41(57)45(37)47(61)46(60)38(36)19-10-30-6-8-32(9-7-30)28-53-44-23-17-35-14-13-34-15-20-39-49(55-29-54-39)52(44)48-42(58)22-16-33-3-2-24-50(33,48)25-26-51(34,35)52/h1,4-9,11-12,16-18,21-23,27,33-35,42,44,48,53,56-61H,2-3,10,13-15,19-20,24-26,28-29H2. The smallest absolute Gasteiger partial charge is 0.169 e. The summed E-state index contributed by atoms with van der Waals surface area (Å²) < 4.78 is 0. The number of hydrogen-bond acceptors (Lipinski definition) is 9. The summed E-state index contributed by atoms with van der Waals surface area (Å²) in [6.45, 7) is 1.17. The van der Waals surface area contributed by atoms with E-state index < -0.39 is 6.10 Å². The van der Waals surface area contributed by atoms with Crippen molar-refractivity contribution in [1.82, 2.24) is 5.32 Å². The number of aliphatic hydroxyl groups excluding tert-OH is 1. The third-order valence-electron chi connectivity index (χ3n) is 16.8. The van der Waals surface area contributed by atoms with Crippen molar-refractivity contribution in [3.05, 3.63) is 113 Å². The number of rotatable bonds is 8. The number of nitrogens with zero attached hydrogens (tertiary/aromatic N) is 2. The molecule has 1 heterocycles. The number of aryl methyl sites for hydroxylation is 1. The molecule has 4 fully saturated rings. The Labute approximate surface area is 356 Å². The highest BCUT2D eigenvalue weighted by atomic mass is 16.3. The van der Waals surface area contributed by atoms with Crippen LogP contribution in [0.4, 0.5) is 0 Å². The Morgan fingerprint density at radius 3 is 2.41 bits per heavy atom. The molecule has 1 aliphatic heterocycles. The maximum Gasteiger partial charge on any atom is 0.169 e. The Morgan fingerprint density at radius 2 is 1.56 bits per heavy atom. The minimum Gasteiger partial charge on any atom is -0.507 e. The van der Waals surface area contributed by atoms with Crippen molar-refractivity contribution in [2.75, 3.05) is 6.67 Å². The molecule has 61 heavy (non-hydrogen) atoms. The number of benzene rings is 4. The summed E-state index contributed by atoms with van der Waals surface area (Å²) in [5.41, 5.74) is 6.25. The first-order chi connectivity index (χ1) is 29.7. The highest BCUT2D eigenvalue weighted by Crippen LogP contribution is 2.78. The van der Waals surface area contributed by atoms with Crippen molar-refractivity contribution < 1.29 is 30.6 Å². The van der Waals surface area contributed by atoms with E-state index in [1.807, 2.05) is 0 Å². The lowest BCUT2D eigenvalue weighted by molar-refractivity contribution is -0.180. The summed E-state index contributed by atoms with van der Waals surface area (Å²) in [5.74, 6) is 0.420. The first-order valence-corrected chi connectivity index (χ1v) is 22.5. The van der Waals surface area contributed by atoms with E-state index in [-0.39, 0.29) is 62.3 Å². The van der Waals surface area contributed by atoms with Crippen LogP contribution < -0.4 is 5.32 Å². The largest absolute Gasteiger partial charge is 0.507 e. The second-order valence-electron chi connectivity index (χ2n) is 19.1. The predicted molar refractivity (Wildman–Crippen MR) is 239 cm³/mol. The van der Waals surface area contributed by atoms with Crippen LogP contribution in [0.25, 0.3) is 22.9 Å². The molecule has 11 rings (SSSR count). The summed E-state index contributed by atoms with van der Waals surface area (Å²) in [6, 6.07) is 18.2. The fourth-order valence-electron chi connectivity index (χ4n) is 14.5. The Kier molecular flexibility index (Phi) is 9.06. The predicted octanol–water partition coefficient (Wildman–Crippen LogP) is 9.12. The third-order valence-corrected chi connectivity index (χ3v) is 16.8. The van der Waals surface area contributed by atoms with Crippen molar-refractivity contribution in [2.24, 2.45) is 49.9 Å². The van der Waals surface area contributed by atoms with E-state index in [1.165, 1.54) is 80.1 Å². The molecule has 0 amide bonds. The van der Waals surface area contributed by atoms with Gasteiger partial charge in [0.25, 0.3) is 0 Å². The van der Waals surface area contributed by atoms with Crippen molar-refractivity contribution in [3.8, 4) is 28.7 Å². The van der Waals surface area contributed by atoms with Crippen molar-refractivity contribution in [1.29, 1.82) is 0 Å². The molecule has 9 nitrogen and oxygen atoms in total. The van der Waals surface area contributed by atoms with Gasteiger partial charge in [0, 0.05) is 29.5 Å². The summed E-state index contributed by atoms with van der Waals surface area (Å²) in [5, 5.41) is 70.4. The first kappa shape index (κ1) is 38.5. The van der Waals surface area contributed by atoms with Crippen molar-refractivity contribution in [3.63, 3.8) is 0 Å². The molecule has 7 N–H and O–H groups in total. The number of nitrogens with one attached hydrogen (secondary N) is 1. The number of fused-ring (bicyclic) bond motifs is 2. The first-order valence-electron chi connectivity index (χ1n) is 22.5. The van der Waals surface area contributed by atoms with Crippen LogP contribution in [0.2, 0.25) is 0 Å². The van der Waals surface area contributed by atoms with Gasteiger partial charge in [-0.15, -0.1) is 0 Å². The molecule has 0 radical (unpaired) electrons. The molecular formula is C52H55N3O6. The van der Waals surface area contributed by atoms with Crippen LogP contribution in [-0.4, -0.2) is 60.9 Å². The zero-order chi connectivity index (χ0) is 41.7. The lowest BCUT2D eigenvalue weighted by atomic mass is 9.34. The molecule has 4 saturated carbocycles. The molecule has 9 heteroatoms. The zero-order valence-electron chi connectivity index (χ0n) is 34.5. The summed E-state index contributed by atoms with van der Waals surface area (Å²) in [4.78, 5) is 10.5. The van der Waals surface area contributed by atoms with Gasteiger partial charge in [-0.3, -0.25) is 9.98 Å². The Hall–Kier alpha value is -5.38. The van der Waals surface area contributed by atoms with Crippen LogP contribution in [0.1, 0.15) is 85.6 Å². The number of phenolic OH excluding ortho intramolecular Hbond substituents is 5. The fourth-order valence-corrected chi connectivity index (χ4v) is 14.5. The third kappa shape index (κ3) is 5.51. The molecule has 2 spiro atoms. The molecule has 7 aliphatic rings. The minimum atomic E-state index is -0.516. The molecule has 9 atom stereocenters. The molecule has 6 aliphatic carbocycles. The average Bonchev–Trinajstić information content (AvgIpc) is 3.99. The normalized spacial score (nSPS) is 33.1.